The molecular weight excluding hydrogens is 404 g/mol. The van der Waals surface area contributed by atoms with Crippen molar-refractivity contribution >= 4 is 29.3 Å². The van der Waals surface area contributed by atoms with Crippen LogP contribution in [0, 0.1) is 5.92 Å². The number of hydrazone groups is 1. The molecule has 1 aliphatic heterocycles. The van der Waals surface area contributed by atoms with Crippen molar-refractivity contribution in [3.05, 3.63) is 112 Å². The van der Waals surface area contributed by atoms with Gasteiger partial charge in [-0.3, -0.25) is 4.79 Å². The Labute approximate surface area is 187 Å². The van der Waals surface area contributed by atoms with E-state index < -0.39 is 0 Å². The van der Waals surface area contributed by atoms with E-state index in [4.69, 9.17) is 16.7 Å². The lowest BCUT2D eigenvalue weighted by Crippen LogP contribution is -2.31. The highest BCUT2D eigenvalue weighted by Gasteiger charge is 2.43. The molecule has 31 heavy (non-hydrogen) atoms. The summed E-state index contributed by atoms with van der Waals surface area (Å²) in [6.45, 7) is 0. The Kier molecular flexibility index (Phi) is 5.44. The molecule has 5 rings (SSSR count). The molecule has 0 N–H and O–H groups in total. The van der Waals surface area contributed by atoms with Gasteiger partial charge in [0.2, 0.25) is 0 Å². The van der Waals surface area contributed by atoms with Crippen LogP contribution in [0.4, 0.5) is 0 Å². The second-order valence-corrected chi connectivity index (χ2v) is 8.52. The first-order valence-electron chi connectivity index (χ1n) is 10.7. The van der Waals surface area contributed by atoms with E-state index in [1.165, 1.54) is 5.57 Å². The predicted octanol–water partition coefficient (Wildman–Crippen LogP) is 6.78. The molecule has 154 valence electrons. The van der Waals surface area contributed by atoms with Crippen LogP contribution in [0.2, 0.25) is 5.02 Å². The van der Waals surface area contributed by atoms with Crippen molar-refractivity contribution < 1.29 is 4.79 Å². The van der Waals surface area contributed by atoms with Crippen LogP contribution < -0.4 is 0 Å². The lowest BCUT2D eigenvalue weighted by atomic mass is 9.77. The van der Waals surface area contributed by atoms with Gasteiger partial charge in [0.25, 0.3) is 5.91 Å². The highest BCUT2D eigenvalue weighted by Crippen LogP contribution is 2.44. The predicted molar refractivity (Wildman–Crippen MR) is 126 cm³/mol. The van der Waals surface area contributed by atoms with E-state index in [2.05, 4.69) is 30.3 Å². The molecule has 0 saturated heterocycles. The third-order valence-electron chi connectivity index (χ3n) is 6.06. The monoisotopic (exact) mass is 426 g/mol. The number of halogens is 1. The third-order valence-corrected chi connectivity index (χ3v) is 6.30. The SMILES string of the molecule is O=C(c1cccc(Cl)c1)N1N=C2C(=Cc3ccccc3)CCCC2C1c1ccccc1. The van der Waals surface area contributed by atoms with Gasteiger partial charge in [-0.25, -0.2) is 5.01 Å². The molecule has 2 atom stereocenters. The summed E-state index contributed by atoms with van der Waals surface area (Å²) in [5.41, 5.74) is 5.11. The smallest absolute Gasteiger partial charge is 0.267 e. The fourth-order valence-corrected chi connectivity index (χ4v) is 4.85. The Morgan fingerprint density at radius 1 is 0.968 bits per heavy atom. The molecule has 3 aromatic rings. The van der Waals surface area contributed by atoms with Gasteiger partial charge in [0.15, 0.2) is 0 Å². The maximum atomic E-state index is 13.5. The number of benzene rings is 3. The normalized spacial score (nSPS) is 21.6. The maximum Gasteiger partial charge on any atom is 0.274 e. The van der Waals surface area contributed by atoms with Crippen LogP contribution in [0.1, 0.15) is 46.8 Å². The molecule has 3 aromatic carbocycles. The number of nitrogens with zero attached hydrogens (tertiary/aromatic N) is 2. The van der Waals surface area contributed by atoms with Crippen molar-refractivity contribution in [1.82, 2.24) is 5.01 Å². The number of rotatable bonds is 3. The summed E-state index contributed by atoms with van der Waals surface area (Å²) < 4.78 is 0. The minimum atomic E-state index is -0.114. The van der Waals surface area contributed by atoms with Gasteiger partial charge in [0.1, 0.15) is 0 Å². The van der Waals surface area contributed by atoms with Crippen LogP contribution in [0.15, 0.2) is 95.6 Å². The zero-order valence-electron chi connectivity index (χ0n) is 17.1. The molecule has 0 aromatic heterocycles. The summed E-state index contributed by atoms with van der Waals surface area (Å²) in [6.07, 6.45) is 5.31. The third kappa shape index (κ3) is 3.94. The highest BCUT2D eigenvalue weighted by atomic mass is 35.5. The van der Waals surface area contributed by atoms with Crippen molar-refractivity contribution in [2.45, 2.75) is 25.3 Å². The average Bonchev–Trinajstić information content (AvgIpc) is 3.20. The second-order valence-electron chi connectivity index (χ2n) is 8.08. The minimum Gasteiger partial charge on any atom is -0.267 e. The van der Waals surface area contributed by atoms with E-state index in [0.29, 0.717) is 10.6 Å². The molecule has 1 aliphatic carbocycles. The van der Waals surface area contributed by atoms with Gasteiger partial charge >= 0.3 is 0 Å². The van der Waals surface area contributed by atoms with E-state index in [0.717, 1.165) is 36.1 Å². The molecule has 0 radical (unpaired) electrons. The molecule has 0 bridgehead atoms. The molecule has 1 saturated carbocycles. The van der Waals surface area contributed by atoms with E-state index in [1.807, 2.05) is 42.5 Å². The van der Waals surface area contributed by atoms with Gasteiger partial charge in [-0.05, 0) is 60.2 Å². The summed E-state index contributed by atoms with van der Waals surface area (Å²) >= 11 is 6.17. The number of allylic oxidation sites excluding steroid dienone is 1. The van der Waals surface area contributed by atoms with E-state index in [-0.39, 0.29) is 17.9 Å². The molecule has 2 aliphatic rings. The van der Waals surface area contributed by atoms with E-state index in [9.17, 15) is 4.79 Å². The van der Waals surface area contributed by atoms with E-state index in [1.54, 1.807) is 23.2 Å². The lowest BCUT2D eigenvalue weighted by Gasteiger charge is -2.29. The molecular formula is C27H23ClN2O. The highest BCUT2D eigenvalue weighted by molar-refractivity contribution is 6.31. The van der Waals surface area contributed by atoms with Crippen molar-refractivity contribution in [2.75, 3.05) is 0 Å². The fourth-order valence-electron chi connectivity index (χ4n) is 4.66. The van der Waals surface area contributed by atoms with Crippen LogP contribution in [0.5, 0.6) is 0 Å². The lowest BCUT2D eigenvalue weighted by molar-refractivity contribution is 0.0681. The molecule has 4 heteroatoms. The molecule has 1 amide bonds. The number of amides is 1. The fraction of sp³-hybridized carbons (Fsp3) is 0.185. The Morgan fingerprint density at radius 2 is 1.71 bits per heavy atom. The first-order chi connectivity index (χ1) is 15.2. The first-order valence-corrected chi connectivity index (χ1v) is 11.1. The summed E-state index contributed by atoms with van der Waals surface area (Å²) in [4.78, 5) is 13.5. The summed E-state index contributed by atoms with van der Waals surface area (Å²) in [6, 6.07) is 27.6. The zero-order valence-corrected chi connectivity index (χ0v) is 17.9. The van der Waals surface area contributed by atoms with Crippen molar-refractivity contribution in [3.8, 4) is 0 Å². The van der Waals surface area contributed by atoms with Gasteiger partial charge in [-0.1, -0.05) is 78.3 Å². The molecule has 0 spiro atoms. The van der Waals surface area contributed by atoms with Gasteiger partial charge in [0.05, 0.1) is 11.8 Å². The topological polar surface area (TPSA) is 32.7 Å². The number of fused-ring (bicyclic) bond motifs is 1. The zero-order chi connectivity index (χ0) is 21.2. The Balaban J connectivity index is 1.58. The second kappa shape index (κ2) is 8.52. The van der Waals surface area contributed by atoms with Crippen molar-refractivity contribution in [2.24, 2.45) is 11.0 Å². The van der Waals surface area contributed by atoms with Crippen molar-refractivity contribution in [3.63, 3.8) is 0 Å². The quantitative estimate of drug-likeness (QED) is 0.454. The molecule has 1 heterocycles. The summed E-state index contributed by atoms with van der Waals surface area (Å²) in [5, 5.41) is 7.18. The Morgan fingerprint density at radius 3 is 2.45 bits per heavy atom. The van der Waals surface area contributed by atoms with Crippen LogP contribution in [-0.2, 0) is 0 Å². The summed E-state index contributed by atoms with van der Waals surface area (Å²) in [7, 11) is 0. The molecule has 3 nitrogen and oxygen atoms in total. The van der Waals surface area contributed by atoms with Gasteiger partial charge in [-0.2, -0.15) is 5.10 Å². The largest absolute Gasteiger partial charge is 0.274 e. The summed E-state index contributed by atoms with van der Waals surface area (Å²) in [5.74, 6) is 0.0755. The minimum absolute atomic E-state index is 0.109. The van der Waals surface area contributed by atoms with Crippen LogP contribution in [-0.4, -0.2) is 16.6 Å². The van der Waals surface area contributed by atoms with E-state index >= 15 is 0 Å². The molecule has 2 unspecified atom stereocenters. The van der Waals surface area contributed by atoms with Gasteiger partial charge in [0, 0.05) is 16.5 Å². The number of carbonyl (C=O) groups is 1. The Hall–Kier alpha value is -3.17. The van der Waals surface area contributed by atoms with Gasteiger partial charge in [-0.15, -0.1) is 0 Å². The van der Waals surface area contributed by atoms with Crippen LogP contribution in [0.25, 0.3) is 6.08 Å². The van der Waals surface area contributed by atoms with Crippen LogP contribution >= 0.6 is 11.6 Å². The van der Waals surface area contributed by atoms with Crippen molar-refractivity contribution in [1.29, 1.82) is 0 Å². The first kappa shape index (κ1) is 19.8. The molecule has 1 fully saturated rings. The van der Waals surface area contributed by atoms with Gasteiger partial charge < -0.3 is 0 Å². The maximum absolute atomic E-state index is 13.5. The number of hydrogen-bond acceptors (Lipinski definition) is 2. The standard InChI is InChI=1S/C27H23ClN2O/c28-23-15-7-14-22(18-23)27(31)30-26(20-11-5-2-6-12-20)24-16-8-13-21(25(24)29-30)17-19-9-3-1-4-10-19/h1-7,9-12,14-15,17-18,24,26H,8,13,16H2. The number of hydrogen-bond donors (Lipinski definition) is 0. The number of carbonyl (C=O) groups excluding carboxylic acids is 1. The average molecular weight is 427 g/mol. The Bertz CT molecular complexity index is 1150. The van der Waals surface area contributed by atoms with Crippen LogP contribution in [0.3, 0.4) is 0 Å².